The van der Waals surface area contributed by atoms with Crippen LogP contribution < -0.4 is 9.64 Å². The molecule has 0 aliphatic carbocycles. The fourth-order valence-electron chi connectivity index (χ4n) is 3.60. The van der Waals surface area contributed by atoms with E-state index in [2.05, 4.69) is 44.0 Å². The number of halogens is 3. The lowest BCUT2D eigenvalue weighted by Gasteiger charge is -2.36. The van der Waals surface area contributed by atoms with E-state index >= 15 is 0 Å². The fraction of sp³-hybridized carbons (Fsp3) is 0.333. The summed E-state index contributed by atoms with van der Waals surface area (Å²) >= 11 is 18.4. The largest absolute Gasteiger partial charge is 0.494 e. The summed E-state index contributed by atoms with van der Waals surface area (Å²) in [4.78, 5) is 13.8. The van der Waals surface area contributed by atoms with Crippen LogP contribution in [0.3, 0.4) is 0 Å². The van der Waals surface area contributed by atoms with Gasteiger partial charge in [0.15, 0.2) is 5.82 Å². The third-order valence-electron chi connectivity index (χ3n) is 5.06. The van der Waals surface area contributed by atoms with E-state index in [9.17, 15) is 0 Å². The van der Waals surface area contributed by atoms with Crippen molar-refractivity contribution in [3.8, 4) is 5.75 Å². The van der Waals surface area contributed by atoms with Crippen molar-refractivity contribution in [2.75, 3.05) is 38.2 Å². The predicted octanol–water partition coefficient (Wildman–Crippen LogP) is 4.79. The first-order valence-electron chi connectivity index (χ1n) is 9.39. The van der Waals surface area contributed by atoms with Crippen molar-refractivity contribution in [1.29, 1.82) is 0 Å². The van der Waals surface area contributed by atoms with Gasteiger partial charge in [0, 0.05) is 38.1 Å². The first kappa shape index (κ1) is 20.5. The number of para-hydroxylation sites is 1. The van der Waals surface area contributed by atoms with E-state index in [-0.39, 0.29) is 5.82 Å². The number of methoxy groups -OCH3 is 1. The van der Waals surface area contributed by atoms with E-state index in [1.165, 1.54) is 5.56 Å². The fourth-order valence-corrected chi connectivity index (χ4v) is 3.86. The van der Waals surface area contributed by atoms with Gasteiger partial charge in [-0.05, 0) is 17.7 Å². The van der Waals surface area contributed by atoms with Crippen LogP contribution in [0, 0.1) is 0 Å². The summed E-state index contributed by atoms with van der Waals surface area (Å²) in [5, 5.41) is 0.888. The summed E-state index contributed by atoms with van der Waals surface area (Å²) in [5.74, 6) is 1.56. The molecule has 0 spiro atoms. The monoisotopic (exact) mass is 450 g/mol. The van der Waals surface area contributed by atoms with Crippen molar-refractivity contribution in [1.82, 2.24) is 14.9 Å². The Balaban J connectivity index is 1.62. The molecule has 0 bridgehead atoms. The average Bonchev–Trinajstić information content (AvgIpc) is 2.73. The smallest absolute Gasteiger partial charge is 0.250 e. The van der Waals surface area contributed by atoms with Crippen LogP contribution in [0.2, 0.25) is 0 Å². The van der Waals surface area contributed by atoms with Gasteiger partial charge in [-0.15, -0.1) is 0 Å². The van der Waals surface area contributed by atoms with E-state index in [4.69, 9.17) is 39.5 Å². The lowest BCUT2D eigenvalue weighted by molar-refractivity contribution is 0.249. The molecule has 2 aromatic carbocycles. The second kappa shape index (κ2) is 8.52. The number of aromatic nitrogens is 2. The van der Waals surface area contributed by atoms with Gasteiger partial charge in [-0.2, -0.15) is 0 Å². The summed E-state index contributed by atoms with van der Waals surface area (Å²) in [5.41, 5.74) is 1.96. The van der Waals surface area contributed by atoms with Gasteiger partial charge in [-0.25, -0.2) is 9.97 Å². The van der Waals surface area contributed by atoms with Crippen molar-refractivity contribution in [2.45, 2.75) is 10.3 Å². The highest BCUT2D eigenvalue weighted by molar-refractivity contribution is 6.66. The Kier molecular flexibility index (Phi) is 6.02. The Morgan fingerprint density at radius 3 is 2.31 bits per heavy atom. The minimum atomic E-state index is -1.71. The molecular weight excluding hydrogens is 431 g/mol. The highest BCUT2D eigenvalue weighted by atomic mass is 35.6. The number of benzene rings is 2. The average molecular weight is 452 g/mol. The molecule has 152 valence electrons. The predicted molar refractivity (Wildman–Crippen MR) is 119 cm³/mol. The van der Waals surface area contributed by atoms with Crippen LogP contribution in [0.1, 0.15) is 11.4 Å². The first-order chi connectivity index (χ1) is 14.0. The molecule has 2 heterocycles. The summed E-state index contributed by atoms with van der Waals surface area (Å²) in [6.07, 6.45) is 0. The molecule has 5 nitrogen and oxygen atoms in total. The topological polar surface area (TPSA) is 41.5 Å². The highest BCUT2D eigenvalue weighted by Crippen LogP contribution is 2.39. The van der Waals surface area contributed by atoms with Gasteiger partial charge >= 0.3 is 0 Å². The van der Waals surface area contributed by atoms with Crippen molar-refractivity contribution in [3.05, 3.63) is 59.9 Å². The quantitative estimate of drug-likeness (QED) is 0.534. The summed E-state index contributed by atoms with van der Waals surface area (Å²) in [7, 11) is 1.61. The van der Waals surface area contributed by atoms with E-state index in [0.29, 0.717) is 11.3 Å². The van der Waals surface area contributed by atoms with Gasteiger partial charge in [0.25, 0.3) is 0 Å². The van der Waals surface area contributed by atoms with Gasteiger partial charge in [-0.1, -0.05) is 71.2 Å². The van der Waals surface area contributed by atoms with Crippen LogP contribution in [-0.4, -0.2) is 48.2 Å². The molecule has 1 saturated heterocycles. The van der Waals surface area contributed by atoms with Crippen LogP contribution in [-0.2, 0) is 10.3 Å². The molecule has 1 aliphatic rings. The van der Waals surface area contributed by atoms with Gasteiger partial charge in [0.05, 0.1) is 7.11 Å². The maximum atomic E-state index is 6.12. The van der Waals surface area contributed by atoms with Crippen LogP contribution in [0.15, 0.2) is 48.5 Å². The molecule has 1 fully saturated rings. The molecule has 0 amide bonds. The summed E-state index contributed by atoms with van der Waals surface area (Å²) < 4.78 is 3.77. The van der Waals surface area contributed by atoms with E-state index in [1.807, 2.05) is 24.3 Å². The highest BCUT2D eigenvalue weighted by Gasteiger charge is 2.30. The molecule has 0 unspecified atom stereocenters. The number of hydrogen-bond donors (Lipinski definition) is 0. The SMILES string of the molecule is COc1cccc2c(N3CCN(Cc4ccccc4)CC3)nc(C(Cl)(Cl)Cl)nc12. The Morgan fingerprint density at radius 2 is 1.66 bits per heavy atom. The number of nitrogens with zero attached hydrogens (tertiary/aromatic N) is 4. The van der Waals surface area contributed by atoms with Crippen LogP contribution in [0.25, 0.3) is 10.9 Å². The number of alkyl halides is 3. The Bertz CT molecular complexity index is 986. The number of piperazine rings is 1. The number of anilines is 1. The van der Waals surface area contributed by atoms with Gasteiger partial charge in [-0.3, -0.25) is 4.90 Å². The van der Waals surface area contributed by atoms with E-state index < -0.39 is 3.79 Å². The van der Waals surface area contributed by atoms with Crippen molar-refractivity contribution >= 4 is 51.5 Å². The first-order valence-corrected chi connectivity index (χ1v) is 10.5. The molecule has 3 aromatic rings. The molecule has 1 aliphatic heterocycles. The third-order valence-corrected chi connectivity index (χ3v) is 5.57. The van der Waals surface area contributed by atoms with Gasteiger partial charge in [0.1, 0.15) is 17.1 Å². The van der Waals surface area contributed by atoms with Gasteiger partial charge < -0.3 is 9.64 Å². The second-order valence-electron chi connectivity index (χ2n) is 6.97. The van der Waals surface area contributed by atoms with Crippen molar-refractivity contribution < 1.29 is 4.74 Å². The van der Waals surface area contributed by atoms with Gasteiger partial charge in [0.2, 0.25) is 3.79 Å². The molecule has 1 aromatic heterocycles. The Morgan fingerprint density at radius 1 is 0.931 bits per heavy atom. The van der Waals surface area contributed by atoms with E-state index in [0.717, 1.165) is 43.9 Å². The Hall–Kier alpha value is -1.79. The minimum Gasteiger partial charge on any atom is -0.494 e. The minimum absolute atomic E-state index is 0.154. The van der Waals surface area contributed by atoms with Crippen LogP contribution in [0.4, 0.5) is 5.82 Å². The zero-order chi connectivity index (χ0) is 20.4. The van der Waals surface area contributed by atoms with Crippen LogP contribution >= 0.6 is 34.8 Å². The molecule has 0 radical (unpaired) electrons. The number of fused-ring (bicyclic) bond motifs is 1. The number of ether oxygens (including phenoxy) is 1. The zero-order valence-electron chi connectivity index (χ0n) is 16.0. The standard InChI is InChI=1S/C21H21Cl3N4O/c1-29-17-9-5-8-16-18(17)25-20(21(22,23)24)26-19(16)28-12-10-27(11-13-28)14-15-6-3-2-4-7-15/h2-9H,10-14H2,1H3. The zero-order valence-corrected chi connectivity index (χ0v) is 18.3. The second-order valence-corrected chi connectivity index (χ2v) is 9.26. The number of rotatable bonds is 4. The van der Waals surface area contributed by atoms with E-state index in [1.54, 1.807) is 7.11 Å². The molecule has 0 atom stereocenters. The Labute approximate surface area is 185 Å². The van der Waals surface area contributed by atoms with Crippen molar-refractivity contribution in [3.63, 3.8) is 0 Å². The maximum Gasteiger partial charge on any atom is 0.250 e. The molecule has 0 N–H and O–H groups in total. The molecule has 8 heteroatoms. The van der Waals surface area contributed by atoms with Crippen LogP contribution in [0.5, 0.6) is 5.75 Å². The summed E-state index contributed by atoms with van der Waals surface area (Å²) in [6.45, 7) is 4.44. The lowest BCUT2D eigenvalue weighted by Crippen LogP contribution is -2.46. The lowest BCUT2D eigenvalue weighted by atomic mass is 10.1. The molecule has 4 rings (SSSR count). The normalized spacial score (nSPS) is 15.7. The molecule has 0 saturated carbocycles. The summed E-state index contributed by atoms with van der Waals surface area (Å²) in [6, 6.07) is 16.2. The van der Waals surface area contributed by atoms with Crippen molar-refractivity contribution in [2.24, 2.45) is 0 Å². The molecule has 29 heavy (non-hydrogen) atoms. The molecular formula is C21H21Cl3N4O. The maximum absolute atomic E-state index is 6.12. The number of hydrogen-bond acceptors (Lipinski definition) is 5. The third kappa shape index (κ3) is 4.53.